The number of hydrogen-bond donors (Lipinski definition) is 2. The second kappa shape index (κ2) is 8.47. The van der Waals surface area contributed by atoms with Crippen LogP contribution in [0.5, 0.6) is 11.5 Å². The molecule has 1 aromatic carbocycles. The highest BCUT2D eigenvalue weighted by atomic mass is 19.1. The van der Waals surface area contributed by atoms with E-state index in [0.29, 0.717) is 46.7 Å². The molecule has 0 spiro atoms. The minimum absolute atomic E-state index is 0.0179. The van der Waals surface area contributed by atoms with Crippen LogP contribution in [0, 0.1) is 5.95 Å². The highest BCUT2D eigenvalue weighted by Gasteiger charge is 2.41. The van der Waals surface area contributed by atoms with Gasteiger partial charge in [-0.05, 0) is 62.3 Å². The Balaban J connectivity index is 1.24. The Kier molecular flexibility index (Phi) is 5.28. The highest BCUT2D eigenvalue weighted by Crippen LogP contribution is 2.39. The van der Waals surface area contributed by atoms with Gasteiger partial charge in [0.25, 0.3) is 5.95 Å². The summed E-state index contributed by atoms with van der Waals surface area (Å²) < 4.78 is 18.6. The van der Waals surface area contributed by atoms with Crippen LogP contribution in [-0.4, -0.2) is 56.5 Å². The molecule has 3 aromatic rings. The van der Waals surface area contributed by atoms with Crippen LogP contribution in [-0.2, 0) is 0 Å². The molecule has 2 aromatic heterocycles. The van der Waals surface area contributed by atoms with Crippen molar-refractivity contribution in [2.45, 2.75) is 62.7 Å². The molecule has 0 radical (unpaired) electrons. The van der Waals surface area contributed by atoms with E-state index in [2.05, 4.69) is 30.4 Å². The second-order valence-corrected chi connectivity index (χ2v) is 9.49. The van der Waals surface area contributed by atoms with E-state index in [1.165, 1.54) is 39.0 Å². The number of hydrogen-bond acceptors (Lipinski definition) is 8. The molecule has 2 aliphatic heterocycles. The van der Waals surface area contributed by atoms with Gasteiger partial charge in [0, 0.05) is 35.9 Å². The number of piperidine rings is 1. The van der Waals surface area contributed by atoms with Crippen molar-refractivity contribution in [3.63, 3.8) is 0 Å². The molecule has 2 saturated heterocycles. The Morgan fingerprint density at radius 1 is 0.971 bits per heavy atom. The molecular formula is C25H27FN6O2. The molecule has 3 atom stereocenters. The Hall–Kier alpha value is -3.33. The van der Waals surface area contributed by atoms with Crippen LogP contribution < -0.4 is 15.0 Å². The topological polar surface area (TPSA) is 96.3 Å². The van der Waals surface area contributed by atoms with Crippen LogP contribution in [0.3, 0.4) is 0 Å². The van der Waals surface area contributed by atoms with Gasteiger partial charge in [-0.15, -0.1) is 10.2 Å². The maximum Gasteiger partial charge on any atom is 0.255 e. The fourth-order valence-electron chi connectivity index (χ4n) is 5.42. The van der Waals surface area contributed by atoms with Crippen molar-refractivity contribution in [2.24, 2.45) is 0 Å². The summed E-state index contributed by atoms with van der Waals surface area (Å²) in [6, 6.07) is 8.89. The summed E-state index contributed by atoms with van der Waals surface area (Å²) in [5.74, 6) is 0.571. The summed E-state index contributed by atoms with van der Waals surface area (Å²) in [5.41, 5.74) is 1.80. The lowest BCUT2D eigenvalue weighted by atomic mass is 9.98. The third kappa shape index (κ3) is 3.94. The van der Waals surface area contributed by atoms with Crippen molar-refractivity contribution in [1.29, 1.82) is 0 Å². The van der Waals surface area contributed by atoms with E-state index in [0.717, 1.165) is 18.7 Å². The number of phenols is 1. The Labute approximate surface area is 197 Å². The molecule has 1 aliphatic carbocycles. The van der Waals surface area contributed by atoms with Gasteiger partial charge < -0.3 is 20.1 Å². The van der Waals surface area contributed by atoms with Gasteiger partial charge in [-0.25, -0.2) is 9.97 Å². The number of benzene rings is 1. The molecule has 1 unspecified atom stereocenters. The van der Waals surface area contributed by atoms with Crippen LogP contribution in [0.25, 0.3) is 22.5 Å². The number of ether oxygens (including phenoxy) is 1. The lowest BCUT2D eigenvalue weighted by Crippen LogP contribution is -2.49. The zero-order chi connectivity index (χ0) is 23.2. The third-order valence-electron chi connectivity index (χ3n) is 7.19. The predicted molar refractivity (Wildman–Crippen MR) is 125 cm³/mol. The molecule has 8 nitrogen and oxygen atoms in total. The number of aromatic nitrogens is 4. The second-order valence-electron chi connectivity index (χ2n) is 9.49. The van der Waals surface area contributed by atoms with E-state index in [1.807, 2.05) is 6.07 Å². The number of nitrogens with zero attached hydrogens (tertiary/aromatic N) is 5. The van der Waals surface area contributed by atoms with Crippen LogP contribution in [0.1, 0.15) is 38.5 Å². The molecule has 2 N–H and O–H groups in total. The Bertz CT molecular complexity index is 1190. The quantitative estimate of drug-likeness (QED) is 0.536. The number of phenolic OH excluding ortho intramolecular Hbond substituents is 1. The SMILES string of the molecule is COc1cc(-c2ccc(-c3ncc(N(C4CC4)C4C[C@H]5CC[C@@H](C4)N5)nn3)c(O)c2)cnc1F. The normalized spacial score (nSPS) is 23.6. The highest BCUT2D eigenvalue weighted by molar-refractivity contribution is 5.73. The van der Waals surface area contributed by atoms with Crippen LogP contribution in [0.4, 0.5) is 10.2 Å². The lowest BCUT2D eigenvalue weighted by molar-refractivity contribution is 0.343. The zero-order valence-corrected chi connectivity index (χ0v) is 19.0. The molecule has 6 rings (SSSR count). The standard InChI is InChI=1S/C25H27FN6O2/c1-34-22-9-15(12-27-24(22)26)14-2-7-20(21(33)8-14)25-28-13-23(30-31-25)32(18-5-6-18)19-10-16-3-4-17(11-19)29-16/h2,7-9,12-13,16-19,29,33H,3-6,10-11H2,1H3/t16-,17+,19?. The van der Waals surface area contributed by atoms with E-state index in [4.69, 9.17) is 4.74 Å². The fraction of sp³-hybridized carbons (Fsp3) is 0.440. The summed E-state index contributed by atoms with van der Waals surface area (Å²) >= 11 is 0. The Morgan fingerprint density at radius 3 is 2.41 bits per heavy atom. The molecule has 1 saturated carbocycles. The molecule has 9 heteroatoms. The first-order chi connectivity index (χ1) is 16.6. The lowest BCUT2D eigenvalue weighted by Gasteiger charge is -2.38. The maximum atomic E-state index is 13.6. The number of halogens is 1. The maximum absolute atomic E-state index is 13.6. The minimum atomic E-state index is -0.677. The summed E-state index contributed by atoms with van der Waals surface area (Å²) in [4.78, 5) is 10.7. The van der Waals surface area contributed by atoms with E-state index in [1.54, 1.807) is 24.4 Å². The van der Waals surface area contributed by atoms with Crippen molar-refractivity contribution < 1.29 is 14.2 Å². The molecular weight excluding hydrogens is 435 g/mol. The molecule has 4 heterocycles. The van der Waals surface area contributed by atoms with Crippen LogP contribution >= 0.6 is 0 Å². The van der Waals surface area contributed by atoms with Gasteiger partial charge in [0.05, 0.1) is 18.9 Å². The number of nitrogens with one attached hydrogen (secondary N) is 1. The summed E-state index contributed by atoms with van der Waals surface area (Å²) in [5, 5.41) is 23.3. The molecule has 3 aliphatic rings. The van der Waals surface area contributed by atoms with E-state index >= 15 is 0 Å². The zero-order valence-electron chi connectivity index (χ0n) is 19.0. The minimum Gasteiger partial charge on any atom is -0.507 e. The Morgan fingerprint density at radius 2 is 1.76 bits per heavy atom. The van der Waals surface area contributed by atoms with Crippen molar-refractivity contribution in [3.8, 4) is 34.0 Å². The van der Waals surface area contributed by atoms with Crippen LogP contribution in [0.2, 0.25) is 0 Å². The van der Waals surface area contributed by atoms with Gasteiger partial charge in [0.1, 0.15) is 5.75 Å². The smallest absolute Gasteiger partial charge is 0.255 e. The van der Waals surface area contributed by atoms with Gasteiger partial charge in [-0.3, -0.25) is 0 Å². The largest absolute Gasteiger partial charge is 0.507 e. The monoisotopic (exact) mass is 462 g/mol. The van der Waals surface area contributed by atoms with Crippen molar-refractivity contribution in [2.75, 3.05) is 12.0 Å². The third-order valence-corrected chi connectivity index (χ3v) is 7.19. The molecule has 34 heavy (non-hydrogen) atoms. The van der Waals surface area contributed by atoms with Crippen LogP contribution in [0.15, 0.2) is 36.7 Å². The number of rotatable bonds is 6. The van der Waals surface area contributed by atoms with Gasteiger partial charge in [0.15, 0.2) is 17.4 Å². The molecule has 176 valence electrons. The first kappa shape index (κ1) is 21.2. The van der Waals surface area contributed by atoms with E-state index < -0.39 is 5.95 Å². The summed E-state index contributed by atoms with van der Waals surface area (Å²) in [6.07, 6.45) is 10.4. The molecule has 3 fully saturated rings. The first-order valence-corrected chi connectivity index (χ1v) is 11.9. The number of anilines is 1. The molecule has 0 amide bonds. The summed E-state index contributed by atoms with van der Waals surface area (Å²) in [7, 11) is 1.39. The van der Waals surface area contributed by atoms with Gasteiger partial charge >= 0.3 is 0 Å². The van der Waals surface area contributed by atoms with E-state index in [-0.39, 0.29) is 11.5 Å². The van der Waals surface area contributed by atoms with Gasteiger partial charge in [-0.2, -0.15) is 4.39 Å². The summed E-state index contributed by atoms with van der Waals surface area (Å²) in [6.45, 7) is 0. The average molecular weight is 463 g/mol. The number of fused-ring (bicyclic) bond motifs is 2. The predicted octanol–water partition coefficient (Wildman–Crippen LogP) is 3.71. The fourth-order valence-corrected chi connectivity index (χ4v) is 5.42. The average Bonchev–Trinajstić information content (AvgIpc) is 3.63. The van der Waals surface area contributed by atoms with Gasteiger partial charge in [-0.1, -0.05) is 6.07 Å². The first-order valence-electron chi connectivity index (χ1n) is 11.9. The number of pyridine rings is 1. The molecule has 2 bridgehead atoms. The van der Waals surface area contributed by atoms with Crippen molar-refractivity contribution >= 4 is 5.82 Å². The number of methoxy groups -OCH3 is 1. The number of aromatic hydroxyl groups is 1. The van der Waals surface area contributed by atoms with Gasteiger partial charge in [0.2, 0.25) is 0 Å². The van der Waals surface area contributed by atoms with Crippen molar-refractivity contribution in [3.05, 3.63) is 42.6 Å². The van der Waals surface area contributed by atoms with E-state index in [9.17, 15) is 9.50 Å². The van der Waals surface area contributed by atoms with Crippen molar-refractivity contribution in [1.82, 2.24) is 25.5 Å².